The number of ether oxygens (including phenoxy) is 3. The number of rotatable bonds is 7. The third-order valence-corrected chi connectivity index (χ3v) is 4.70. The molecular weight excluding hydrogens is 380 g/mol. The van der Waals surface area contributed by atoms with Gasteiger partial charge in [-0.2, -0.15) is 0 Å². The zero-order valence-electron chi connectivity index (χ0n) is 16.8. The van der Waals surface area contributed by atoms with Crippen LogP contribution < -0.4 is 19.8 Å². The summed E-state index contributed by atoms with van der Waals surface area (Å²) < 4.78 is 17.1. The zero-order chi connectivity index (χ0) is 20.9. The van der Waals surface area contributed by atoms with Gasteiger partial charge in [0, 0.05) is 11.1 Å². The average Bonchev–Trinajstić information content (AvgIpc) is 2.78. The molecule has 0 saturated carbocycles. The van der Waals surface area contributed by atoms with Gasteiger partial charge in [0.15, 0.2) is 11.5 Å². The Balaban J connectivity index is 1.67. The van der Waals surface area contributed by atoms with E-state index in [2.05, 4.69) is 9.97 Å². The maximum Gasteiger partial charge on any atom is 0.259 e. The molecule has 0 amide bonds. The number of methoxy groups -OCH3 is 1. The summed E-state index contributed by atoms with van der Waals surface area (Å²) >= 11 is 0. The molecule has 0 aliphatic carbocycles. The number of hydrogen-bond donors (Lipinski definition) is 1. The Labute approximate surface area is 174 Å². The first-order valence-electron chi connectivity index (χ1n) is 9.70. The van der Waals surface area contributed by atoms with Gasteiger partial charge < -0.3 is 19.2 Å². The molecule has 0 aliphatic rings. The van der Waals surface area contributed by atoms with Gasteiger partial charge in [-0.1, -0.05) is 24.3 Å². The fourth-order valence-corrected chi connectivity index (χ4v) is 3.26. The second-order valence-corrected chi connectivity index (χ2v) is 6.63. The van der Waals surface area contributed by atoms with E-state index in [0.717, 1.165) is 11.1 Å². The average molecular weight is 402 g/mol. The summed E-state index contributed by atoms with van der Waals surface area (Å²) in [5.74, 6) is 2.53. The molecule has 0 saturated heterocycles. The van der Waals surface area contributed by atoms with E-state index in [4.69, 9.17) is 14.2 Å². The predicted octanol–water partition coefficient (Wildman–Crippen LogP) is 4.58. The van der Waals surface area contributed by atoms with E-state index < -0.39 is 0 Å². The maximum absolute atomic E-state index is 12.4. The lowest BCUT2D eigenvalue weighted by Gasteiger charge is -2.14. The van der Waals surface area contributed by atoms with E-state index in [-0.39, 0.29) is 12.2 Å². The molecule has 0 atom stereocenters. The number of fused-ring (bicyclic) bond motifs is 1. The fraction of sp³-hybridized carbons (Fsp3) is 0.167. The molecule has 0 unspecified atom stereocenters. The van der Waals surface area contributed by atoms with Crippen LogP contribution in [0.2, 0.25) is 0 Å². The molecule has 30 heavy (non-hydrogen) atoms. The smallest absolute Gasteiger partial charge is 0.259 e. The minimum Gasteiger partial charge on any atom is -0.496 e. The van der Waals surface area contributed by atoms with Gasteiger partial charge in [0.2, 0.25) is 0 Å². The van der Waals surface area contributed by atoms with Crippen LogP contribution in [0.3, 0.4) is 0 Å². The molecule has 6 nitrogen and oxygen atoms in total. The van der Waals surface area contributed by atoms with Crippen molar-refractivity contribution in [1.82, 2.24) is 9.97 Å². The summed E-state index contributed by atoms with van der Waals surface area (Å²) in [7, 11) is 1.61. The number of nitrogens with zero attached hydrogens (tertiary/aromatic N) is 1. The highest BCUT2D eigenvalue weighted by Crippen LogP contribution is 2.30. The molecule has 6 heteroatoms. The van der Waals surface area contributed by atoms with Crippen molar-refractivity contribution < 1.29 is 14.2 Å². The predicted molar refractivity (Wildman–Crippen MR) is 116 cm³/mol. The van der Waals surface area contributed by atoms with Gasteiger partial charge in [0.05, 0.1) is 24.6 Å². The SMILES string of the molecule is CCOc1ccccc1OCc1cc(-c2nc3ccccc3c(=O)[nH]2)ccc1OC. The van der Waals surface area contributed by atoms with Crippen LogP contribution >= 0.6 is 0 Å². The third-order valence-electron chi connectivity index (χ3n) is 4.70. The van der Waals surface area contributed by atoms with Gasteiger partial charge in [0.25, 0.3) is 5.56 Å². The van der Waals surface area contributed by atoms with Crippen LogP contribution in [0.5, 0.6) is 17.2 Å². The summed E-state index contributed by atoms with van der Waals surface area (Å²) in [6.07, 6.45) is 0. The topological polar surface area (TPSA) is 73.4 Å². The normalized spacial score (nSPS) is 10.7. The quantitative estimate of drug-likeness (QED) is 0.490. The van der Waals surface area contributed by atoms with Crippen LogP contribution in [0.25, 0.3) is 22.3 Å². The van der Waals surface area contributed by atoms with Crippen molar-refractivity contribution in [3.8, 4) is 28.6 Å². The molecule has 0 aliphatic heterocycles. The summed E-state index contributed by atoms with van der Waals surface area (Å²) in [5, 5.41) is 0.561. The molecular formula is C24H22N2O4. The van der Waals surface area contributed by atoms with E-state index in [1.165, 1.54) is 0 Å². The number of nitrogens with one attached hydrogen (secondary N) is 1. The molecule has 152 valence electrons. The summed E-state index contributed by atoms with van der Waals surface area (Å²) in [4.78, 5) is 19.9. The summed E-state index contributed by atoms with van der Waals surface area (Å²) in [6.45, 7) is 2.76. The van der Waals surface area contributed by atoms with Gasteiger partial charge in [-0.05, 0) is 49.4 Å². The van der Waals surface area contributed by atoms with E-state index in [1.54, 1.807) is 13.2 Å². The molecule has 1 heterocycles. The Hall–Kier alpha value is -3.80. The van der Waals surface area contributed by atoms with Crippen LogP contribution in [-0.4, -0.2) is 23.7 Å². The number of H-pyrrole nitrogens is 1. The van der Waals surface area contributed by atoms with Crippen molar-refractivity contribution in [1.29, 1.82) is 0 Å². The molecule has 3 aromatic carbocycles. The molecule has 4 aromatic rings. The number of para-hydroxylation sites is 3. The Morgan fingerprint density at radius 2 is 1.63 bits per heavy atom. The highest BCUT2D eigenvalue weighted by atomic mass is 16.5. The highest BCUT2D eigenvalue weighted by molar-refractivity contribution is 5.79. The van der Waals surface area contributed by atoms with Crippen LogP contribution in [0.4, 0.5) is 0 Å². The first kappa shape index (κ1) is 19.5. The van der Waals surface area contributed by atoms with Gasteiger partial charge in [-0.15, -0.1) is 0 Å². The van der Waals surface area contributed by atoms with Crippen molar-refractivity contribution in [2.24, 2.45) is 0 Å². The van der Waals surface area contributed by atoms with Crippen LogP contribution in [0.15, 0.2) is 71.5 Å². The molecule has 1 N–H and O–H groups in total. The van der Waals surface area contributed by atoms with Crippen molar-refractivity contribution in [2.75, 3.05) is 13.7 Å². The number of aromatic nitrogens is 2. The van der Waals surface area contributed by atoms with Crippen LogP contribution in [-0.2, 0) is 6.61 Å². The van der Waals surface area contributed by atoms with Gasteiger partial charge >= 0.3 is 0 Å². The van der Waals surface area contributed by atoms with Crippen molar-refractivity contribution in [3.05, 3.63) is 82.6 Å². The van der Waals surface area contributed by atoms with E-state index >= 15 is 0 Å². The monoisotopic (exact) mass is 402 g/mol. The standard InChI is InChI=1S/C24H22N2O4/c1-3-29-21-10-6-7-11-22(21)30-15-17-14-16(12-13-20(17)28-2)23-25-19-9-5-4-8-18(19)24(27)26-23/h4-14H,3,15H2,1-2H3,(H,25,26,27). The van der Waals surface area contributed by atoms with Crippen molar-refractivity contribution in [2.45, 2.75) is 13.5 Å². The molecule has 0 fully saturated rings. The Bertz CT molecular complexity index is 1230. The zero-order valence-corrected chi connectivity index (χ0v) is 16.8. The van der Waals surface area contributed by atoms with Crippen LogP contribution in [0, 0.1) is 0 Å². The van der Waals surface area contributed by atoms with Gasteiger partial charge in [-0.3, -0.25) is 4.79 Å². The molecule has 0 spiro atoms. The Morgan fingerprint density at radius 1 is 0.900 bits per heavy atom. The minimum atomic E-state index is -0.171. The fourth-order valence-electron chi connectivity index (χ4n) is 3.26. The first-order valence-corrected chi connectivity index (χ1v) is 9.70. The first-order chi connectivity index (χ1) is 14.7. The number of hydrogen-bond acceptors (Lipinski definition) is 5. The lowest BCUT2D eigenvalue weighted by molar-refractivity contribution is 0.265. The van der Waals surface area contributed by atoms with E-state index in [1.807, 2.05) is 67.6 Å². The molecule has 0 radical (unpaired) electrons. The maximum atomic E-state index is 12.4. The molecule has 4 rings (SSSR count). The summed E-state index contributed by atoms with van der Waals surface area (Å²) in [5.41, 5.74) is 2.08. The largest absolute Gasteiger partial charge is 0.496 e. The van der Waals surface area contributed by atoms with Gasteiger partial charge in [0.1, 0.15) is 18.2 Å². The second-order valence-electron chi connectivity index (χ2n) is 6.63. The van der Waals surface area contributed by atoms with Crippen LogP contribution in [0.1, 0.15) is 12.5 Å². The van der Waals surface area contributed by atoms with Crippen molar-refractivity contribution >= 4 is 10.9 Å². The number of benzene rings is 3. The molecule has 1 aromatic heterocycles. The molecule has 0 bridgehead atoms. The lowest BCUT2D eigenvalue weighted by atomic mass is 10.1. The van der Waals surface area contributed by atoms with E-state index in [0.29, 0.717) is 40.6 Å². The Morgan fingerprint density at radius 3 is 2.40 bits per heavy atom. The lowest BCUT2D eigenvalue weighted by Crippen LogP contribution is -2.09. The highest BCUT2D eigenvalue weighted by Gasteiger charge is 2.12. The summed E-state index contributed by atoms with van der Waals surface area (Å²) in [6, 6.07) is 20.4. The van der Waals surface area contributed by atoms with E-state index in [9.17, 15) is 4.79 Å². The third kappa shape index (κ3) is 3.98. The second kappa shape index (κ2) is 8.69. The van der Waals surface area contributed by atoms with Gasteiger partial charge in [-0.25, -0.2) is 4.98 Å². The minimum absolute atomic E-state index is 0.171. The Kier molecular flexibility index (Phi) is 5.66. The number of aromatic amines is 1. The van der Waals surface area contributed by atoms with Crippen molar-refractivity contribution in [3.63, 3.8) is 0 Å².